The van der Waals surface area contributed by atoms with Crippen LogP contribution in [0, 0.1) is 0 Å². The van der Waals surface area contributed by atoms with Crippen LogP contribution in [0.4, 0.5) is 4.79 Å². The smallest absolute Gasteiger partial charge is 0.315 e. The zero-order valence-electron chi connectivity index (χ0n) is 12.6. The number of hydrogen-bond donors (Lipinski definition) is 2. The molecule has 2 heterocycles. The number of nitrogens with one attached hydrogen (secondary N) is 2. The molecule has 2 fully saturated rings. The van der Waals surface area contributed by atoms with Gasteiger partial charge >= 0.3 is 6.03 Å². The van der Waals surface area contributed by atoms with E-state index in [0.29, 0.717) is 37.4 Å². The Labute approximate surface area is 130 Å². The van der Waals surface area contributed by atoms with E-state index in [1.807, 2.05) is 19.1 Å². The molecular formula is C15H21N3O3S. The predicted octanol–water partition coefficient (Wildman–Crippen LogP) is 1.09. The molecule has 0 bridgehead atoms. The minimum absolute atomic E-state index is 0.161. The second kappa shape index (κ2) is 5.55. The van der Waals surface area contributed by atoms with Crippen molar-refractivity contribution in [1.29, 1.82) is 0 Å². The minimum atomic E-state index is -3.45. The van der Waals surface area contributed by atoms with E-state index in [0.717, 1.165) is 12.0 Å². The zero-order valence-corrected chi connectivity index (χ0v) is 13.4. The lowest BCUT2D eigenvalue weighted by molar-refractivity contribution is 0.216. The van der Waals surface area contributed by atoms with E-state index in [4.69, 9.17) is 0 Å². The summed E-state index contributed by atoms with van der Waals surface area (Å²) in [7, 11) is -3.45. The second-order valence-corrected chi connectivity index (χ2v) is 7.93. The van der Waals surface area contributed by atoms with Crippen LogP contribution in [-0.4, -0.2) is 43.9 Å². The molecule has 22 heavy (non-hydrogen) atoms. The fourth-order valence-electron chi connectivity index (χ4n) is 3.08. The second-order valence-electron chi connectivity index (χ2n) is 5.99. The summed E-state index contributed by atoms with van der Waals surface area (Å²) in [6, 6.07) is 6.92. The molecule has 3 rings (SSSR count). The van der Waals surface area contributed by atoms with E-state index in [2.05, 4.69) is 10.6 Å². The molecule has 2 aliphatic heterocycles. The first-order chi connectivity index (χ1) is 10.5. The van der Waals surface area contributed by atoms with Gasteiger partial charge in [-0.2, -0.15) is 4.31 Å². The molecule has 2 saturated heterocycles. The number of rotatable bonds is 3. The first-order valence-corrected chi connectivity index (χ1v) is 9.04. The van der Waals surface area contributed by atoms with Gasteiger partial charge in [0.2, 0.25) is 10.0 Å². The number of sulfonamides is 1. The van der Waals surface area contributed by atoms with Crippen molar-refractivity contribution in [1.82, 2.24) is 14.9 Å². The first kappa shape index (κ1) is 15.3. The quantitative estimate of drug-likeness (QED) is 0.874. The van der Waals surface area contributed by atoms with E-state index in [1.54, 1.807) is 12.1 Å². The van der Waals surface area contributed by atoms with Crippen LogP contribution in [0.2, 0.25) is 0 Å². The number of carbonyl (C=O) groups excluding carboxylic acids is 1. The minimum Gasteiger partial charge on any atom is -0.336 e. The number of nitrogens with zero attached hydrogens (tertiary/aromatic N) is 1. The lowest BCUT2D eigenvalue weighted by atomic mass is 9.90. The van der Waals surface area contributed by atoms with Crippen LogP contribution in [0.25, 0.3) is 0 Å². The summed E-state index contributed by atoms with van der Waals surface area (Å²) in [6.45, 7) is 3.47. The standard InChI is InChI=1S/C15H21N3O3S/c1-2-12-3-5-13(6-4-12)22(20,21)18-9-7-15(8-10-18)11-16-14(19)17-15/h3-6H,2,7-11H2,1H3,(H2,16,17,19). The Kier molecular flexibility index (Phi) is 3.86. The number of urea groups is 1. The Balaban J connectivity index is 1.72. The third kappa shape index (κ3) is 2.70. The normalized spacial score (nSPS) is 21.6. The highest BCUT2D eigenvalue weighted by Gasteiger charge is 2.42. The molecule has 0 saturated carbocycles. The van der Waals surface area contributed by atoms with E-state index in [9.17, 15) is 13.2 Å². The summed E-state index contributed by atoms with van der Waals surface area (Å²) in [5, 5.41) is 5.68. The van der Waals surface area contributed by atoms with Gasteiger partial charge in [-0.15, -0.1) is 0 Å². The average molecular weight is 323 g/mol. The number of piperidine rings is 1. The van der Waals surface area contributed by atoms with Gasteiger partial charge in [-0.25, -0.2) is 13.2 Å². The predicted molar refractivity (Wildman–Crippen MR) is 83.1 cm³/mol. The molecule has 1 aromatic carbocycles. The summed E-state index contributed by atoms with van der Waals surface area (Å²) in [5.74, 6) is 0. The van der Waals surface area contributed by atoms with Gasteiger partial charge < -0.3 is 10.6 Å². The van der Waals surface area contributed by atoms with Crippen molar-refractivity contribution in [2.75, 3.05) is 19.6 Å². The van der Waals surface area contributed by atoms with Crippen LogP contribution in [0.3, 0.4) is 0 Å². The summed E-state index contributed by atoms with van der Waals surface area (Å²) in [4.78, 5) is 11.7. The molecule has 2 aliphatic rings. The lowest BCUT2D eigenvalue weighted by Crippen LogP contribution is -2.53. The Hall–Kier alpha value is -1.60. The van der Waals surface area contributed by atoms with Crippen molar-refractivity contribution in [3.05, 3.63) is 29.8 Å². The van der Waals surface area contributed by atoms with Crippen molar-refractivity contribution in [3.8, 4) is 0 Å². The number of amides is 2. The molecule has 0 atom stereocenters. The third-order valence-electron chi connectivity index (χ3n) is 4.61. The number of carbonyl (C=O) groups is 1. The van der Waals surface area contributed by atoms with Gasteiger partial charge in [0, 0.05) is 19.6 Å². The van der Waals surface area contributed by atoms with Crippen LogP contribution >= 0.6 is 0 Å². The van der Waals surface area contributed by atoms with Crippen molar-refractivity contribution in [3.63, 3.8) is 0 Å². The molecule has 0 aromatic heterocycles. The molecule has 1 aromatic rings. The maximum Gasteiger partial charge on any atom is 0.315 e. The zero-order chi connectivity index (χ0) is 15.8. The highest BCUT2D eigenvalue weighted by molar-refractivity contribution is 7.89. The Morgan fingerprint density at radius 1 is 1.18 bits per heavy atom. The maximum atomic E-state index is 12.7. The largest absolute Gasteiger partial charge is 0.336 e. The fourth-order valence-corrected chi connectivity index (χ4v) is 4.52. The van der Waals surface area contributed by atoms with Gasteiger partial charge in [0.15, 0.2) is 0 Å². The van der Waals surface area contributed by atoms with Crippen molar-refractivity contribution in [2.24, 2.45) is 0 Å². The molecule has 0 unspecified atom stereocenters. The van der Waals surface area contributed by atoms with Gasteiger partial charge in [-0.3, -0.25) is 0 Å². The fraction of sp³-hybridized carbons (Fsp3) is 0.533. The van der Waals surface area contributed by atoms with Crippen LogP contribution in [0.1, 0.15) is 25.3 Å². The highest BCUT2D eigenvalue weighted by atomic mass is 32.2. The monoisotopic (exact) mass is 323 g/mol. The van der Waals surface area contributed by atoms with Crippen molar-refractivity contribution >= 4 is 16.1 Å². The summed E-state index contributed by atoms with van der Waals surface area (Å²) in [6.07, 6.45) is 2.16. The maximum absolute atomic E-state index is 12.7. The first-order valence-electron chi connectivity index (χ1n) is 7.60. The molecule has 0 aliphatic carbocycles. The van der Waals surface area contributed by atoms with Gasteiger partial charge in [-0.05, 0) is 37.0 Å². The van der Waals surface area contributed by atoms with Crippen LogP contribution < -0.4 is 10.6 Å². The van der Waals surface area contributed by atoms with Crippen LogP contribution in [-0.2, 0) is 16.4 Å². The van der Waals surface area contributed by atoms with E-state index < -0.39 is 10.0 Å². The Morgan fingerprint density at radius 2 is 1.82 bits per heavy atom. The molecule has 1 spiro atoms. The van der Waals surface area contributed by atoms with Gasteiger partial charge in [0.1, 0.15) is 0 Å². The van der Waals surface area contributed by atoms with E-state index in [-0.39, 0.29) is 11.6 Å². The molecule has 0 radical (unpaired) electrons. The van der Waals surface area contributed by atoms with Gasteiger partial charge in [0.05, 0.1) is 10.4 Å². The molecule has 2 N–H and O–H groups in total. The van der Waals surface area contributed by atoms with Crippen molar-refractivity contribution in [2.45, 2.75) is 36.6 Å². The van der Waals surface area contributed by atoms with E-state index in [1.165, 1.54) is 4.31 Å². The molecular weight excluding hydrogens is 302 g/mol. The third-order valence-corrected chi connectivity index (χ3v) is 6.53. The number of hydrogen-bond acceptors (Lipinski definition) is 3. The molecule has 7 heteroatoms. The van der Waals surface area contributed by atoms with Crippen LogP contribution in [0.15, 0.2) is 29.2 Å². The Bertz CT molecular complexity index is 662. The lowest BCUT2D eigenvalue weighted by Gasteiger charge is -2.37. The summed E-state index contributed by atoms with van der Waals surface area (Å²) >= 11 is 0. The van der Waals surface area contributed by atoms with Gasteiger partial charge in [-0.1, -0.05) is 19.1 Å². The average Bonchev–Trinajstić information content (AvgIpc) is 2.88. The number of aryl methyl sites for hydroxylation is 1. The Morgan fingerprint density at radius 3 is 2.32 bits per heavy atom. The summed E-state index contributed by atoms with van der Waals surface area (Å²) in [5.41, 5.74) is 0.839. The SMILES string of the molecule is CCc1ccc(S(=O)(=O)N2CCC3(CC2)CNC(=O)N3)cc1. The van der Waals surface area contributed by atoms with Crippen LogP contribution in [0.5, 0.6) is 0 Å². The molecule has 2 amide bonds. The van der Waals surface area contributed by atoms with Crippen molar-refractivity contribution < 1.29 is 13.2 Å². The highest BCUT2D eigenvalue weighted by Crippen LogP contribution is 2.28. The number of benzene rings is 1. The molecule has 120 valence electrons. The van der Waals surface area contributed by atoms with Gasteiger partial charge in [0.25, 0.3) is 0 Å². The molecule has 6 nitrogen and oxygen atoms in total. The summed E-state index contributed by atoms with van der Waals surface area (Å²) < 4.78 is 26.9. The van der Waals surface area contributed by atoms with E-state index >= 15 is 0 Å². The topological polar surface area (TPSA) is 78.5 Å².